The fraction of sp³-hybridized carbons (Fsp3) is 0.0455. The van der Waals surface area contributed by atoms with Crippen LogP contribution in [-0.2, 0) is 11.3 Å². The number of ketones is 1. The number of pyridine rings is 1. The number of benzene rings is 2. The molecule has 0 aliphatic heterocycles. The lowest BCUT2D eigenvalue weighted by Crippen LogP contribution is -2.23. The highest BCUT2D eigenvalue weighted by Gasteiger charge is 2.26. The van der Waals surface area contributed by atoms with Crippen molar-refractivity contribution in [2.24, 2.45) is 0 Å². The van der Waals surface area contributed by atoms with E-state index in [2.05, 4.69) is 10.3 Å². The second-order valence-electron chi connectivity index (χ2n) is 6.50. The van der Waals surface area contributed by atoms with Crippen molar-refractivity contribution in [2.45, 2.75) is 6.54 Å². The van der Waals surface area contributed by atoms with Crippen LogP contribution in [-0.4, -0.2) is 21.2 Å². The van der Waals surface area contributed by atoms with Gasteiger partial charge in [0.05, 0.1) is 17.6 Å². The van der Waals surface area contributed by atoms with E-state index >= 15 is 0 Å². The Morgan fingerprint density at radius 3 is 2.47 bits per heavy atom. The number of anilines is 1. The summed E-state index contributed by atoms with van der Waals surface area (Å²) in [7, 11) is 0. The Morgan fingerprint density at radius 1 is 0.967 bits per heavy atom. The first-order valence-corrected chi connectivity index (χ1v) is 10.1. The lowest BCUT2D eigenvalue weighted by molar-refractivity contribution is -0.112. The van der Waals surface area contributed by atoms with Crippen molar-refractivity contribution in [3.05, 3.63) is 93.2 Å². The van der Waals surface area contributed by atoms with Crippen LogP contribution >= 0.6 is 34.8 Å². The van der Waals surface area contributed by atoms with Crippen molar-refractivity contribution in [1.82, 2.24) is 9.55 Å². The van der Waals surface area contributed by atoms with E-state index in [0.717, 1.165) is 5.56 Å². The number of aromatic nitrogens is 2. The number of nitrogens with one attached hydrogen (secondary N) is 1. The Hall–Kier alpha value is -2.86. The van der Waals surface area contributed by atoms with Crippen LogP contribution in [0.5, 0.6) is 0 Å². The number of rotatable bonds is 5. The number of hydrogen-bond donors (Lipinski definition) is 1. The molecule has 4 rings (SSSR count). The highest BCUT2D eigenvalue weighted by atomic mass is 35.5. The Labute approximate surface area is 187 Å². The first-order valence-electron chi connectivity index (χ1n) is 8.93. The fourth-order valence-electron chi connectivity index (χ4n) is 3.19. The monoisotopic (exact) mass is 457 g/mol. The third kappa shape index (κ3) is 3.92. The molecule has 0 atom stereocenters. The lowest BCUT2D eigenvalue weighted by Gasteiger charge is -2.10. The maximum absolute atomic E-state index is 13.0. The highest BCUT2D eigenvalue weighted by Crippen LogP contribution is 2.33. The van der Waals surface area contributed by atoms with Gasteiger partial charge in [0.2, 0.25) is 0 Å². The molecule has 2 aromatic carbocycles. The first kappa shape index (κ1) is 20.4. The van der Waals surface area contributed by atoms with E-state index in [1.165, 1.54) is 6.20 Å². The van der Waals surface area contributed by atoms with Crippen LogP contribution in [0.1, 0.15) is 15.9 Å². The van der Waals surface area contributed by atoms with Crippen molar-refractivity contribution in [1.29, 1.82) is 0 Å². The molecule has 2 heterocycles. The van der Waals surface area contributed by atoms with Crippen LogP contribution in [0.15, 0.2) is 66.9 Å². The number of carbonyl (C=O) groups excluding carboxylic acids is 2. The molecule has 1 N–H and O–H groups in total. The van der Waals surface area contributed by atoms with Gasteiger partial charge >= 0.3 is 0 Å². The van der Waals surface area contributed by atoms with Gasteiger partial charge in [0.25, 0.3) is 11.7 Å². The van der Waals surface area contributed by atoms with E-state index in [4.69, 9.17) is 34.8 Å². The van der Waals surface area contributed by atoms with Gasteiger partial charge < -0.3 is 9.88 Å². The summed E-state index contributed by atoms with van der Waals surface area (Å²) in [6.45, 7) is 0.310. The maximum atomic E-state index is 13.0. The van der Waals surface area contributed by atoms with Crippen molar-refractivity contribution < 1.29 is 9.59 Å². The number of hydrogen-bond acceptors (Lipinski definition) is 3. The summed E-state index contributed by atoms with van der Waals surface area (Å²) >= 11 is 18.9. The minimum atomic E-state index is -0.817. The molecule has 0 aliphatic rings. The van der Waals surface area contributed by atoms with Gasteiger partial charge in [-0.1, -0.05) is 65.1 Å². The zero-order valence-corrected chi connectivity index (χ0v) is 17.7. The van der Waals surface area contributed by atoms with Gasteiger partial charge in [-0.2, -0.15) is 0 Å². The average molecular weight is 459 g/mol. The summed E-state index contributed by atoms with van der Waals surface area (Å²) < 4.78 is 1.74. The average Bonchev–Trinajstić information content (AvgIpc) is 3.01. The maximum Gasteiger partial charge on any atom is 0.298 e. The predicted molar refractivity (Wildman–Crippen MR) is 120 cm³/mol. The first-order chi connectivity index (χ1) is 14.5. The molecule has 0 spiro atoms. The Kier molecular flexibility index (Phi) is 5.77. The van der Waals surface area contributed by atoms with Crippen molar-refractivity contribution in [2.75, 3.05) is 5.32 Å². The highest BCUT2D eigenvalue weighted by molar-refractivity contribution is 6.51. The quantitative estimate of drug-likeness (QED) is 0.301. The second kappa shape index (κ2) is 8.48. The Balaban J connectivity index is 1.75. The number of Topliss-reactive ketones (excluding diaryl/α,β-unsaturated/α-hetero) is 1. The third-order valence-electron chi connectivity index (χ3n) is 4.59. The van der Waals surface area contributed by atoms with Crippen LogP contribution in [0, 0.1) is 0 Å². The number of para-hydroxylation sites is 1. The molecule has 4 aromatic rings. The molecule has 2 aromatic heterocycles. The molecule has 0 aliphatic carbocycles. The van der Waals surface area contributed by atoms with Gasteiger partial charge in [-0.25, -0.2) is 4.98 Å². The van der Waals surface area contributed by atoms with E-state index in [9.17, 15) is 9.59 Å². The molecule has 0 unspecified atom stereocenters. The zero-order valence-electron chi connectivity index (χ0n) is 15.4. The number of amides is 1. The number of halogens is 3. The van der Waals surface area contributed by atoms with Gasteiger partial charge in [0.15, 0.2) is 0 Å². The van der Waals surface area contributed by atoms with Gasteiger partial charge in [0, 0.05) is 21.6 Å². The number of fused-ring (bicyclic) bond motifs is 1. The van der Waals surface area contributed by atoms with E-state index in [1.54, 1.807) is 53.1 Å². The van der Waals surface area contributed by atoms with Crippen molar-refractivity contribution >= 4 is 63.2 Å². The van der Waals surface area contributed by atoms with Gasteiger partial charge in [0.1, 0.15) is 11.0 Å². The molecule has 8 heteroatoms. The summed E-state index contributed by atoms with van der Waals surface area (Å²) in [4.78, 5) is 29.6. The summed E-state index contributed by atoms with van der Waals surface area (Å²) in [5, 5.41) is 4.24. The van der Waals surface area contributed by atoms with Crippen LogP contribution in [0.4, 0.5) is 5.82 Å². The van der Waals surface area contributed by atoms with Crippen LogP contribution in [0.25, 0.3) is 10.9 Å². The summed E-state index contributed by atoms with van der Waals surface area (Å²) in [6.07, 6.45) is 1.52. The van der Waals surface area contributed by atoms with E-state index in [1.807, 2.05) is 12.1 Å². The molecule has 0 radical (unpaired) electrons. The minimum Gasteiger partial charge on any atom is -0.326 e. The standard InChI is InChI=1S/C22H14Cl3N3O2/c23-14-9-8-13(16(24)11-14)12-28-17-6-2-1-5-15(17)19(21(28)25)20(29)22(30)27-18-7-3-4-10-26-18/h1-11H,12H2,(H,26,27,30). The smallest absolute Gasteiger partial charge is 0.298 e. The molecular formula is C22H14Cl3N3O2. The van der Waals surface area contributed by atoms with Gasteiger partial charge in [-0.05, 0) is 35.9 Å². The fourth-order valence-corrected chi connectivity index (χ4v) is 3.99. The molecule has 1 amide bonds. The normalized spacial score (nSPS) is 10.9. The summed E-state index contributed by atoms with van der Waals surface area (Å²) in [5.74, 6) is -1.28. The molecule has 0 saturated heterocycles. The SMILES string of the molecule is O=C(Nc1ccccn1)C(=O)c1c(Cl)n(Cc2ccc(Cl)cc2Cl)c2ccccc12. The van der Waals surface area contributed by atoms with Gasteiger partial charge in [-0.15, -0.1) is 0 Å². The molecule has 150 valence electrons. The zero-order chi connectivity index (χ0) is 21.3. The van der Waals surface area contributed by atoms with E-state index in [-0.39, 0.29) is 16.5 Å². The Bertz CT molecular complexity index is 1270. The van der Waals surface area contributed by atoms with Crippen molar-refractivity contribution in [3.8, 4) is 0 Å². The second-order valence-corrected chi connectivity index (χ2v) is 7.70. The number of nitrogens with zero attached hydrogens (tertiary/aromatic N) is 2. The van der Waals surface area contributed by atoms with Crippen LogP contribution in [0.2, 0.25) is 15.2 Å². The minimum absolute atomic E-state index is 0.130. The molecule has 0 bridgehead atoms. The van der Waals surface area contributed by atoms with E-state index < -0.39 is 11.7 Å². The van der Waals surface area contributed by atoms with Crippen LogP contribution < -0.4 is 5.32 Å². The molecule has 30 heavy (non-hydrogen) atoms. The van der Waals surface area contributed by atoms with Crippen molar-refractivity contribution in [3.63, 3.8) is 0 Å². The topological polar surface area (TPSA) is 64.0 Å². The lowest BCUT2D eigenvalue weighted by atomic mass is 10.1. The van der Waals surface area contributed by atoms with Gasteiger partial charge in [-0.3, -0.25) is 9.59 Å². The predicted octanol–water partition coefficient (Wildman–Crippen LogP) is 5.87. The third-order valence-corrected chi connectivity index (χ3v) is 5.57. The largest absolute Gasteiger partial charge is 0.326 e. The molecule has 5 nitrogen and oxygen atoms in total. The summed E-state index contributed by atoms with van der Waals surface area (Å²) in [5.41, 5.74) is 1.62. The summed E-state index contributed by atoms with van der Waals surface area (Å²) in [6, 6.07) is 17.4. The Morgan fingerprint density at radius 2 is 1.73 bits per heavy atom. The molecule has 0 saturated carbocycles. The molecule has 0 fully saturated rings. The number of carbonyl (C=O) groups is 2. The molecular weight excluding hydrogens is 445 g/mol. The van der Waals surface area contributed by atoms with E-state index in [0.29, 0.717) is 27.5 Å². The van der Waals surface area contributed by atoms with Crippen LogP contribution in [0.3, 0.4) is 0 Å².